The minimum absolute atomic E-state index is 0.0131. The maximum Gasteiger partial charge on any atom is 0.417 e. The summed E-state index contributed by atoms with van der Waals surface area (Å²) in [7, 11) is 0. The largest absolute Gasteiger partial charge is 0.417 e. The van der Waals surface area contributed by atoms with Crippen LogP contribution in [0.2, 0.25) is 5.02 Å². The Labute approximate surface area is 165 Å². The molecule has 1 saturated heterocycles. The molecule has 0 radical (unpaired) electrons. The van der Waals surface area contributed by atoms with E-state index in [0.29, 0.717) is 37.6 Å². The number of piperazine rings is 1. The molecule has 0 bridgehead atoms. The topological polar surface area (TPSA) is 36.4 Å². The van der Waals surface area contributed by atoms with Gasteiger partial charge >= 0.3 is 6.18 Å². The number of amides is 1. The smallest absolute Gasteiger partial charge is 0.352 e. The highest BCUT2D eigenvalue weighted by Gasteiger charge is 2.32. The van der Waals surface area contributed by atoms with Crippen LogP contribution in [0, 0.1) is 0 Å². The summed E-state index contributed by atoms with van der Waals surface area (Å²) in [5, 5.41) is -0.0341. The van der Waals surface area contributed by atoms with E-state index in [9.17, 15) is 18.0 Å². The third kappa shape index (κ3) is 3.68. The van der Waals surface area contributed by atoms with Crippen LogP contribution in [-0.2, 0) is 19.0 Å². The second kappa shape index (κ2) is 7.28. The molecule has 2 aliphatic rings. The molecule has 1 aliphatic heterocycles. The lowest BCUT2D eigenvalue weighted by Gasteiger charge is -2.36. The minimum atomic E-state index is -4.48. The second-order valence-electron chi connectivity index (χ2n) is 7.14. The van der Waals surface area contributed by atoms with Crippen LogP contribution in [0.25, 0.3) is 0 Å². The molecule has 28 heavy (non-hydrogen) atoms. The Morgan fingerprint density at radius 1 is 1.04 bits per heavy atom. The molecular weight excluding hydrogens is 391 g/mol. The summed E-state index contributed by atoms with van der Waals surface area (Å²) in [6.07, 6.45) is -0.461. The number of fused-ring (bicyclic) bond motifs is 1. The van der Waals surface area contributed by atoms with E-state index in [1.165, 1.54) is 11.1 Å². The first-order valence-electron chi connectivity index (χ1n) is 9.22. The molecule has 8 heteroatoms. The quantitative estimate of drug-likeness (QED) is 0.745. The molecule has 0 unspecified atom stereocenters. The van der Waals surface area contributed by atoms with Gasteiger partial charge in [0, 0.05) is 37.9 Å². The molecule has 1 aromatic heterocycles. The van der Waals surface area contributed by atoms with Gasteiger partial charge in [0.1, 0.15) is 5.82 Å². The molecule has 1 aliphatic carbocycles. The normalized spacial score (nSPS) is 17.0. The van der Waals surface area contributed by atoms with Gasteiger partial charge in [0.25, 0.3) is 5.91 Å². The zero-order valence-electron chi connectivity index (χ0n) is 15.1. The van der Waals surface area contributed by atoms with Crippen LogP contribution in [0.4, 0.5) is 19.0 Å². The van der Waals surface area contributed by atoms with Crippen molar-refractivity contribution in [3.63, 3.8) is 0 Å². The average molecular weight is 410 g/mol. The Balaban J connectivity index is 1.43. The number of alkyl halides is 3. The van der Waals surface area contributed by atoms with Gasteiger partial charge < -0.3 is 9.80 Å². The SMILES string of the molecule is O=C(c1ccc2c(c1)CCC2)N1CCN(c2ncc(C(F)(F)F)cc2Cl)CC1. The number of nitrogens with zero attached hydrogens (tertiary/aromatic N) is 3. The fourth-order valence-corrected chi connectivity index (χ4v) is 4.11. The van der Waals surface area contributed by atoms with Crippen LogP contribution in [0.1, 0.15) is 33.5 Å². The molecule has 4 rings (SSSR count). The zero-order valence-corrected chi connectivity index (χ0v) is 15.9. The summed E-state index contributed by atoms with van der Waals surface area (Å²) in [6, 6.07) is 6.81. The van der Waals surface area contributed by atoms with Gasteiger partial charge in [-0.15, -0.1) is 0 Å². The lowest BCUT2D eigenvalue weighted by Crippen LogP contribution is -2.49. The first-order valence-corrected chi connectivity index (χ1v) is 9.59. The number of hydrogen-bond acceptors (Lipinski definition) is 3. The van der Waals surface area contributed by atoms with Crippen LogP contribution in [0.5, 0.6) is 0 Å². The number of carbonyl (C=O) groups excluding carboxylic acids is 1. The van der Waals surface area contributed by atoms with Gasteiger partial charge in [-0.3, -0.25) is 4.79 Å². The van der Waals surface area contributed by atoms with Gasteiger partial charge in [0.2, 0.25) is 0 Å². The third-order valence-corrected chi connectivity index (χ3v) is 5.64. The van der Waals surface area contributed by atoms with Crippen molar-refractivity contribution in [1.29, 1.82) is 0 Å². The molecule has 0 saturated carbocycles. The van der Waals surface area contributed by atoms with Gasteiger partial charge in [-0.1, -0.05) is 17.7 Å². The Morgan fingerprint density at radius 2 is 1.75 bits per heavy atom. The molecule has 4 nitrogen and oxygen atoms in total. The number of pyridine rings is 1. The van der Waals surface area contributed by atoms with Crippen LogP contribution < -0.4 is 4.90 Å². The zero-order chi connectivity index (χ0) is 19.9. The number of hydrogen-bond donors (Lipinski definition) is 0. The van der Waals surface area contributed by atoms with Crippen molar-refractivity contribution in [1.82, 2.24) is 9.88 Å². The molecule has 2 aromatic rings. The van der Waals surface area contributed by atoms with Crippen molar-refractivity contribution >= 4 is 23.3 Å². The van der Waals surface area contributed by atoms with Crippen LogP contribution in [0.3, 0.4) is 0 Å². The first-order chi connectivity index (χ1) is 13.3. The van der Waals surface area contributed by atoms with Crippen LogP contribution in [0.15, 0.2) is 30.5 Å². The summed E-state index contributed by atoms with van der Waals surface area (Å²) in [5.74, 6) is 0.306. The Hall–Kier alpha value is -2.28. The van der Waals surface area contributed by atoms with Gasteiger partial charge in [0.15, 0.2) is 0 Å². The fraction of sp³-hybridized carbons (Fsp3) is 0.400. The number of anilines is 1. The minimum Gasteiger partial charge on any atom is -0.352 e. The first kappa shape index (κ1) is 19.1. The summed E-state index contributed by atoms with van der Waals surface area (Å²) >= 11 is 6.03. The van der Waals surface area contributed by atoms with E-state index in [2.05, 4.69) is 4.98 Å². The third-order valence-electron chi connectivity index (χ3n) is 5.36. The van der Waals surface area contributed by atoms with Gasteiger partial charge in [0.05, 0.1) is 10.6 Å². The van der Waals surface area contributed by atoms with E-state index in [1.807, 2.05) is 23.1 Å². The maximum atomic E-state index is 12.8. The van der Waals surface area contributed by atoms with Crippen molar-refractivity contribution in [3.8, 4) is 0 Å². The molecule has 0 atom stereocenters. The molecule has 1 amide bonds. The molecule has 0 N–H and O–H groups in total. The summed E-state index contributed by atoms with van der Waals surface area (Å²) in [6.45, 7) is 1.87. The van der Waals surface area contributed by atoms with E-state index >= 15 is 0 Å². The number of aromatic nitrogens is 1. The van der Waals surface area contributed by atoms with E-state index in [4.69, 9.17) is 11.6 Å². The van der Waals surface area contributed by atoms with Crippen LogP contribution >= 0.6 is 11.6 Å². The Bertz CT molecular complexity index is 908. The van der Waals surface area contributed by atoms with Crippen molar-refractivity contribution in [2.24, 2.45) is 0 Å². The van der Waals surface area contributed by atoms with Gasteiger partial charge in [-0.25, -0.2) is 4.98 Å². The number of rotatable bonds is 2. The molecule has 1 aromatic carbocycles. The number of halogens is 4. The average Bonchev–Trinajstić information content (AvgIpc) is 3.14. The van der Waals surface area contributed by atoms with Crippen molar-refractivity contribution in [2.75, 3.05) is 31.1 Å². The van der Waals surface area contributed by atoms with Gasteiger partial charge in [-0.05, 0) is 48.6 Å². The molecule has 1 fully saturated rings. The monoisotopic (exact) mass is 409 g/mol. The fourth-order valence-electron chi connectivity index (χ4n) is 3.83. The highest BCUT2D eigenvalue weighted by atomic mass is 35.5. The summed E-state index contributed by atoms with van der Waals surface area (Å²) in [5.41, 5.74) is 2.40. The van der Waals surface area contributed by atoms with Crippen molar-refractivity contribution < 1.29 is 18.0 Å². The Kier molecular flexibility index (Phi) is 4.95. The molecule has 148 valence electrons. The maximum absolute atomic E-state index is 12.8. The van der Waals surface area contributed by atoms with E-state index in [-0.39, 0.29) is 10.9 Å². The number of benzene rings is 1. The summed E-state index contributed by atoms with van der Waals surface area (Å²) in [4.78, 5) is 20.3. The van der Waals surface area contributed by atoms with Gasteiger partial charge in [-0.2, -0.15) is 13.2 Å². The lowest BCUT2D eigenvalue weighted by atomic mass is 10.1. The number of aryl methyl sites for hydroxylation is 2. The molecular formula is C20H19ClF3N3O. The highest BCUT2D eigenvalue weighted by Crippen LogP contribution is 2.33. The van der Waals surface area contributed by atoms with E-state index in [0.717, 1.165) is 31.5 Å². The predicted octanol–water partition coefficient (Wildman–Crippen LogP) is 4.20. The summed E-state index contributed by atoms with van der Waals surface area (Å²) < 4.78 is 38.3. The lowest BCUT2D eigenvalue weighted by molar-refractivity contribution is -0.137. The number of carbonyl (C=O) groups is 1. The standard InChI is InChI=1S/C20H19ClF3N3O/c21-17-11-16(20(22,23)24)12-25-18(17)26-6-8-27(9-7-26)19(28)15-5-4-13-2-1-3-14(13)10-15/h4-5,10-12H,1-3,6-9H2. The molecule has 2 heterocycles. The Morgan fingerprint density at radius 3 is 2.43 bits per heavy atom. The van der Waals surface area contributed by atoms with Crippen LogP contribution in [-0.4, -0.2) is 42.0 Å². The molecule has 0 spiro atoms. The second-order valence-corrected chi connectivity index (χ2v) is 7.55. The van der Waals surface area contributed by atoms with Crippen molar-refractivity contribution in [3.05, 3.63) is 57.7 Å². The predicted molar refractivity (Wildman–Crippen MR) is 101 cm³/mol. The van der Waals surface area contributed by atoms with Crippen molar-refractivity contribution in [2.45, 2.75) is 25.4 Å². The van der Waals surface area contributed by atoms with E-state index < -0.39 is 11.7 Å². The highest BCUT2D eigenvalue weighted by molar-refractivity contribution is 6.33. The van der Waals surface area contributed by atoms with E-state index in [1.54, 1.807) is 4.90 Å².